The maximum absolute atomic E-state index is 13.9. The van der Waals surface area contributed by atoms with E-state index in [2.05, 4.69) is 0 Å². The normalized spacial score (nSPS) is 11.8. The Bertz CT molecular complexity index is 586. The smallest absolute Gasteiger partial charge is 0.335 e. The first-order valence-electron chi connectivity index (χ1n) is 6.37. The molecule has 0 fully saturated rings. The van der Waals surface area contributed by atoms with E-state index >= 15 is 0 Å². The Hall–Kier alpha value is -1.47. The summed E-state index contributed by atoms with van der Waals surface area (Å²) < 4.78 is 39.7. The molecule has 0 atom stereocenters. The number of carboxylic acids is 1. The predicted molar refractivity (Wildman–Crippen MR) is 72.7 cm³/mol. The van der Waals surface area contributed by atoms with E-state index in [9.17, 15) is 17.6 Å². The molecule has 0 amide bonds. The van der Waals surface area contributed by atoms with E-state index in [4.69, 9.17) is 5.11 Å². The average Bonchev–Trinajstić information content (AvgIpc) is 2.38. The SMILES string of the molecule is CCCCN(CC)S(=O)(=O)c1ccc(C(=O)O)cc1F. The number of benzene rings is 1. The molecule has 20 heavy (non-hydrogen) atoms. The van der Waals surface area contributed by atoms with Crippen molar-refractivity contribution in [1.29, 1.82) is 0 Å². The molecule has 0 aromatic heterocycles. The van der Waals surface area contributed by atoms with Crippen molar-refractivity contribution < 1.29 is 22.7 Å². The van der Waals surface area contributed by atoms with Crippen LogP contribution in [0.1, 0.15) is 37.0 Å². The highest BCUT2D eigenvalue weighted by atomic mass is 32.2. The molecule has 1 aromatic carbocycles. The van der Waals surface area contributed by atoms with E-state index in [0.717, 1.165) is 24.6 Å². The van der Waals surface area contributed by atoms with Gasteiger partial charge in [0.1, 0.15) is 10.7 Å². The van der Waals surface area contributed by atoms with Gasteiger partial charge in [0, 0.05) is 13.1 Å². The molecule has 5 nitrogen and oxygen atoms in total. The fraction of sp³-hybridized carbons (Fsp3) is 0.462. The van der Waals surface area contributed by atoms with Crippen LogP contribution in [0.3, 0.4) is 0 Å². The molecule has 0 unspecified atom stereocenters. The second-order valence-corrected chi connectivity index (χ2v) is 6.21. The summed E-state index contributed by atoms with van der Waals surface area (Å²) in [7, 11) is -3.93. The monoisotopic (exact) mass is 303 g/mol. The maximum atomic E-state index is 13.9. The first-order valence-corrected chi connectivity index (χ1v) is 7.81. The summed E-state index contributed by atoms with van der Waals surface area (Å²) in [6.07, 6.45) is 1.51. The van der Waals surface area contributed by atoms with Gasteiger partial charge in [-0.1, -0.05) is 20.3 Å². The molecule has 1 aromatic rings. The largest absolute Gasteiger partial charge is 0.478 e. The minimum absolute atomic E-state index is 0.239. The van der Waals surface area contributed by atoms with Crippen molar-refractivity contribution >= 4 is 16.0 Å². The first-order chi connectivity index (χ1) is 9.34. The highest BCUT2D eigenvalue weighted by Gasteiger charge is 2.26. The van der Waals surface area contributed by atoms with Gasteiger partial charge in [0.15, 0.2) is 0 Å². The summed E-state index contributed by atoms with van der Waals surface area (Å²) in [4.78, 5) is 10.2. The van der Waals surface area contributed by atoms with Gasteiger partial charge in [0.05, 0.1) is 5.56 Å². The standard InChI is InChI=1S/C13H18FNO4S/c1-3-5-8-15(4-2)20(18,19)12-7-6-10(13(16)17)9-11(12)14/h6-7,9H,3-5,8H2,1-2H3,(H,16,17). The van der Waals surface area contributed by atoms with Crippen LogP contribution in [-0.4, -0.2) is 36.9 Å². The number of hydrogen-bond acceptors (Lipinski definition) is 3. The fourth-order valence-corrected chi connectivity index (χ4v) is 3.30. The molecule has 112 valence electrons. The number of hydrogen-bond donors (Lipinski definition) is 1. The minimum atomic E-state index is -3.93. The number of carbonyl (C=O) groups is 1. The Morgan fingerprint density at radius 1 is 1.35 bits per heavy atom. The van der Waals surface area contributed by atoms with Crippen LogP contribution in [0, 0.1) is 5.82 Å². The molecule has 1 N–H and O–H groups in total. The quantitative estimate of drug-likeness (QED) is 0.839. The second-order valence-electron chi connectivity index (χ2n) is 4.30. The molecule has 0 saturated carbocycles. The number of unbranched alkanes of at least 4 members (excludes halogenated alkanes) is 1. The lowest BCUT2D eigenvalue weighted by molar-refractivity contribution is 0.0696. The molecule has 7 heteroatoms. The summed E-state index contributed by atoms with van der Waals surface area (Å²) >= 11 is 0. The third-order valence-electron chi connectivity index (χ3n) is 2.91. The van der Waals surface area contributed by atoms with Gasteiger partial charge >= 0.3 is 5.97 Å². The Balaban J connectivity index is 3.17. The number of carboxylic acid groups (broad SMARTS) is 1. The highest BCUT2D eigenvalue weighted by Crippen LogP contribution is 2.21. The van der Waals surface area contributed by atoms with E-state index in [-0.39, 0.29) is 12.1 Å². The van der Waals surface area contributed by atoms with Gasteiger partial charge in [-0.2, -0.15) is 4.31 Å². The van der Waals surface area contributed by atoms with E-state index in [0.29, 0.717) is 13.0 Å². The van der Waals surface area contributed by atoms with E-state index in [1.54, 1.807) is 6.92 Å². The van der Waals surface area contributed by atoms with Gasteiger partial charge in [-0.25, -0.2) is 17.6 Å². The third kappa shape index (κ3) is 3.55. The zero-order valence-electron chi connectivity index (χ0n) is 11.5. The average molecular weight is 303 g/mol. The van der Waals surface area contributed by atoms with Crippen LogP contribution in [0.25, 0.3) is 0 Å². The van der Waals surface area contributed by atoms with Gasteiger partial charge in [0.2, 0.25) is 10.0 Å². The van der Waals surface area contributed by atoms with E-state index < -0.39 is 26.7 Å². The van der Waals surface area contributed by atoms with Gasteiger partial charge in [-0.3, -0.25) is 0 Å². The summed E-state index contributed by atoms with van der Waals surface area (Å²) in [6.45, 7) is 4.16. The van der Waals surface area contributed by atoms with Crippen molar-refractivity contribution in [3.63, 3.8) is 0 Å². The summed E-state index contributed by atoms with van der Waals surface area (Å²) in [5.41, 5.74) is -0.280. The zero-order valence-corrected chi connectivity index (χ0v) is 12.3. The molecule has 0 saturated heterocycles. The van der Waals surface area contributed by atoms with Crippen LogP contribution in [-0.2, 0) is 10.0 Å². The molecule has 0 spiro atoms. The van der Waals surface area contributed by atoms with E-state index in [1.165, 1.54) is 4.31 Å². The zero-order chi connectivity index (χ0) is 15.3. The molecular formula is C13H18FNO4S. The Labute approximate surface area is 118 Å². The van der Waals surface area contributed by atoms with Crippen LogP contribution in [0.4, 0.5) is 4.39 Å². The summed E-state index contributed by atoms with van der Waals surface area (Å²) in [5, 5.41) is 8.75. The van der Waals surface area contributed by atoms with Crippen molar-refractivity contribution in [2.75, 3.05) is 13.1 Å². The van der Waals surface area contributed by atoms with Crippen LogP contribution in [0.2, 0.25) is 0 Å². The van der Waals surface area contributed by atoms with Crippen LogP contribution in [0.5, 0.6) is 0 Å². The van der Waals surface area contributed by atoms with Gasteiger partial charge in [-0.15, -0.1) is 0 Å². The van der Waals surface area contributed by atoms with E-state index in [1.807, 2.05) is 6.92 Å². The number of aromatic carboxylic acids is 1. The Kier molecular flexibility index (Phi) is 5.64. The number of nitrogens with zero attached hydrogens (tertiary/aromatic N) is 1. The first kappa shape index (κ1) is 16.6. The minimum Gasteiger partial charge on any atom is -0.478 e. The summed E-state index contributed by atoms with van der Waals surface area (Å²) in [6, 6.07) is 2.82. The lowest BCUT2D eigenvalue weighted by atomic mass is 10.2. The third-order valence-corrected chi connectivity index (χ3v) is 4.92. The van der Waals surface area contributed by atoms with Crippen molar-refractivity contribution in [2.45, 2.75) is 31.6 Å². The number of rotatable bonds is 7. The van der Waals surface area contributed by atoms with Crippen LogP contribution < -0.4 is 0 Å². The van der Waals surface area contributed by atoms with Crippen molar-refractivity contribution in [1.82, 2.24) is 4.31 Å². The highest BCUT2D eigenvalue weighted by molar-refractivity contribution is 7.89. The maximum Gasteiger partial charge on any atom is 0.335 e. The lowest BCUT2D eigenvalue weighted by Gasteiger charge is -2.20. The van der Waals surface area contributed by atoms with Gasteiger partial charge < -0.3 is 5.11 Å². The van der Waals surface area contributed by atoms with Crippen molar-refractivity contribution in [2.24, 2.45) is 0 Å². The molecule has 1 rings (SSSR count). The Morgan fingerprint density at radius 2 is 2.00 bits per heavy atom. The van der Waals surface area contributed by atoms with Crippen molar-refractivity contribution in [3.8, 4) is 0 Å². The topological polar surface area (TPSA) is 74.7 Å². The molecule has 0 aliphatic heterocycles. The lowest BCUT2D eigenvalue weighted by Crippen LogP contribution is -2.32. The fourth-order valence-electron chi connectivity index (χ4n) is 1.76. The molecule has 0 aliphatic rings. The predicted octanol–water partition coefficient (Wildman–Crippen LogP) is 2.33. The molecule has 0 heterocycles. The molecule has 0 radical (unpaired) electrons. The number of halogens is 1. The second kappa shape index (κ2) is 6.81. The molecular weight excluding hydrogens is 285 g/mol. The van der Waals surface area contributed by atoms with Gasteiger partial charge in [0.25, 0.3) is 0 Å². The Morgan fingerprint density at radius 3 is 2.45 bits per heavy atom. The van der Waals surface area contributed by atoms with Crippen LogP contribution in [0.15, 0.2) is 23.1 Å². The van der Waals surface area contributed by atoms with Crippen LogP contribution >= 0.6 is 0 Å². The summed E-state index contributed by atoms with van der Waals surface area (Å²) in [5.74, 6) is -2.34. The van der Waals surface area contributed by atoms with Crippen molar-refractivity contribution in [3.05, 3.63) is 29.6 Å². The molecule has 0 aliphatic carbocycles. The number of sulfonamides is 1. The van der Waals surface area contributed by atoms with Gasteiger partial charge in [-0.05, 0) is 24.6 Å². The molecule has 0 bridgehead atoms.